The van der Waals surface area contributed by atoms with E-state index in [2.05, 4.69) is 88.6 Å². The minimum absolute atomic E-state index is 0.00884. The number of phenolic OH excluding ortho intramolecular Hbond substituents is 1. The molecule has 11 nitrogen and oxygen atoms in total. The predicted molar refractivity (Wildman–Crippen MR) is 268 cm³/mol. The first kappa shape index (κ1) is 45.8. The number of aromatic nitrogens is 1. The molecule has 6 atom stereocenters. The second kappa shape index (κ2) is 20.3. The number of fused-ring (bicyclic) bond motifs is 11. The summed E-state index contributed by atoms with van der Waals surface area (Å²) in [6.45, 7) is 3.66. The maximum Gasteiger partial charge on any atom is 0.204 e. The topological polar surface area (TPSA) is 146 Å². The number of Topliss-reactive ketones (excluding diaryl/α,β-unsaturated/α-hetero) is 1. The van der Waals surface area contributed by atoms with E-state index in [1.54, 1.807) is 30.3 Å². The van der Waals surface area contributed by atoms with Crippen molar-refractivity contribution < 1.29 is 39.1 Å². The molecule has 11 heteroatoms. The monoisotopic (exact) mass is 925 g/mol. The predicted octanol–water partition coefficient (Wildman–Crippen LogP) is 8.78. The van der Waals surface area contributed by atoms with Gasteiger partial charge < -0.3 is 49.5 Å². The lowest BCUT2D eigenvalue weighted by atomic mass is 9.84. The Morgan fingerprint density at radius 2 is 1.68 bits per heavy atom. The molecule has 11 rings (SSSR count). The number of carbonyl (C=O) groups excluding carboxylic acids is 1. The van der Waals surface area contributed by atoms with E-state index in [0.29, 0.717) is 36.3 Å². The number of aromatic amines is 1. The third-order valence-electron chi connectivity index (χ3n) is 13.9. The van der Waals surface area contributed by atoms with Crippen LogP contribution in [0.4, 0.5) is 5.82 Å². The quantitative estimate of drug-likeness (QED) is 0.0846. The number of piperazine rings is 1. The summed E-state index contributed by atoms with van der Waals surface area (Å²) in [5.41, 5.74) is 9.11. The van der Waals surface area contributed by atoms with Gasteiger partial charge in [0.2, 0.25) is 5.75 Å². The molecule has 354 valence electrons. The van der Waals surface area contributed by atoms with Gasteiger partial charge in [-0.15, -0.1) is 0 Å². The lowest BCUT2D eigenvalue weighted by molar-refractivity contribution is 0.0834. The Labute approximate surface area is 403 Å². The van der Waals surface area contributed by atoms with E-state index in [1.807, 2.05) is 36.4 Å². The maximum absolute atomic E-state index is 15.0. The lowest BCUT2D eigenvalue weighted by Gasteiger charge is -2.42. The number of nitrogens with zero attached hydrogens (tertiary/aromatic N) is 1. The number of phenols is 1. The van der Waals surface area contributed by atoms with Crippen LogP contribution in [-0.4, -0.2) is 84.3 Å². The highest BCUT2D eigenvalue weighted by Crippen LogP contribution is 2.56. The summed E-state index contributed by atoms with van der Waals surface area (Å²) >= 11 is 0. The molecular formula is C58H59N3O8. The van der Waals surface area contributed by atoms with Crippen molar-refractivity contribution in [1.29, 1.82) is 0 Å². The molecule has 5 aromatic carbocycles. The zero-order valence-corrected chi connectivity index (χ0v) is 39.1. The number of hydrogen-bond acceptors (Lipinski definition) is 10. The smallest absolute Gasteiger partial charge is 0.204 e. The molecular weight excluding hydrogens is 867 g/mol. The molecule has 0 spiro atoms. The number of anilines is 1. The second-order valence-electron chi connectivity index (χ2n) is 18.5. The van der Waals surface area contributed by atoms with Gasteiger partial charge in [-0.3, -0.25) is 4.79 Å². The van der Waals surface area contributed by atoms with E-state index in [4.69, 9.17) is 18.9 Å². The van der Waals surface area contributed by atoms with Crippen LogP contribution in [-0.2, 0) is 25.7 Å². The number of hydrogen-bond donors (Lipinski definition) is 5. The summed E-state index contributed by atoms with van der Waals surface area (Å²) in [5, 5.41) is 36.1. The highest BCUT2D eigenvalue weighted by molar-refractivity contribution is 6.05. The van der Waals surface area contributed by atoms with Gasteiger partial charge in [-0.05, 0) is 77.3 Å². The number of H-pyrrole nitrogens is 1. The molecule has 6 heterocycles. The van der Waals surface area contributed by atoms with Crippen molar-refractivity contribution in [1.82, 2.24) is 10.3 Å². The van der Waals surface area contributed by atoms with E-state index < -0.39 is 18.1 Å². The van der Waals surface area contributed by atoms with Crippen molar-refractivity contribution in [2.75, 3.05) is 44.9 Å². The standard InChI is InChI=1S/C58H59N3O8/c1-3-44-32-47-42-11-7-10-39(29-42)30-43-19-23-48-49(61(26-25-59-48)58(47)60-44)31-38-14-12-37(13-15-38)28-40(34-62)35-68-55-52(43)54-53(50(65)33-51(69-54)41-17-21-45(63)22-18-41)56(57(55)66-2)67-27-24-46(64)20-16-36-8-5-4-6-9-36/h4-18,20-22,29,32,40,43,46,48-49,51,59-60,62-64H,3,24-28,30-31,33-35H2,1-2H3. The first-order valence-corrected chi connectivity index (χ1v) is 24.2. The molecule has 0 saturated carbocycles. The highest BCUT2D eigenvalue weighted by atomic mass is 16.5. The molecule has 1 fully saturated rings. The van der Waals surface area contributed by atoms with Gasteiger partial charge in [0.05, 0.1) is 56.4 Å². The first-order chi connectivity index (χ1) is 33.8. The Morgan fingerprint density at radius 3 is 2.45 bits per heavy atom. The summed E-state index contributed by atoms with van der Waals surface area (Å²) < 4.78 is 27.1. The number of nitrogens with one attached hydrogen (secondary N) is 2. The minimum Gasteiger partial charge on any atom is -0.508 e. The summed E-state index contributed by atoms with van der Waals surface area (Å²) in [6.07, 6.45) is 4.81. The van der Waals surface area contributed by atoms with Gasteiger partial charge in [-0.25, -0.2) is 0 Å². The normalized spacial score (nSPS) is 21.1. The fourth-order valence-electron chi connectivity index (χ4n) is 10.2. The van der Waals surface area contributed by atoms with E-state index in [-0.39, 0.29) is 85.0 Å². The van der Waals surface area contributed by atoms with Crippen LogP contribution in [0.15, 0.2) is 115 Å². The number of ether oxygens (including phenoxy) is 4. The van der Waals surface area contributed by atoms with E-state index in [9.17, 15) is 20.1 Å². The molecule has 6 unspecified atom stereocenters. The molecule has 5 aliphatic heterocycles. The zero-order chi connectivity index (χ0) is 47.4. The Kier molecular flexibility index (Phi) is 13.5. The van der Waals surface area contributed by atoms with Gasteiger partial charge in [-0.2, -0.15) is 0 Å². The van der Waals surface area contributed by atoms with Crippen molar-refractivity contribution in [3.8, 4) is 51.7 Å². The van der Waals surface area contributed by atoms with Crippen LogP contribution < -0.4 is 29.2 Å². The fourth-order valence-corrected chi connectivity index (χ4v) is 10.2. The maximum atomic E-state index is 15.0. The Morgan fingerprint density at radius 1 is 0.884 bits per heavy atom. The number of benzene rings is 5. The number of rotatable bonds is 10. The van der Waals surface area contributed by atoms with Crippen molar-refractivity contribution >= 4 is 17.7 Å². The fraction of sp³-hybridized carbons (Fsp3) is 0.328. The number of ketones is 1. The minimum atomic E-state index is -0.842. The van der Waals surface area contributed by atoms with Crippen LogP contribution in [0.25, 0.3) is 17.2 Å². The van der Waals surface area contributed by atoms with E-state index in [1.165, 1.54) is 12.7 Å². The molecule has 1 saturated heterocycles. The Hall–Kier alpha value is -6.97. The molecule has 1 aromatic heterocycles. The largest absolute Gasteiger partial charge is 0.508 e. The molecule has 5 aliphatic rings. The van der Waals surface area contributed by atoms with Crippen molar-refractivity contribution in [3.05, 3.63) is 160 Å². The number of aromatic hydroxyl groups is 1. The SMILES string of the molecule is CCc1cc2c([nH]1)N1CCNC3C#CC(Cc4cccc-2c4)c2c(c(OC)c(OCCC(O)C=Cc4ccccc4)c4c2OC(c2ccc(O)cc2)CC4=O)OCC(CO)Cc2ccc(cc2)CC31. The average Bonchev–Trinajstić information content (AvgIpc) is 3.81. The summed E-state index contributed by atoms with van der Waals surface area (Å²) in [6, 6.07) is 35.7. The zero-order valence-electron chi connectivity index (χ0n) is 39.1. The van der Waals surface area contributed by atoms with Gasteiger partial charge in [0, 0.05) is 43.3 Å². The van der Waals surface area contributed by atoms with Gasteiger partial charge >= 0.3 is 0 Å². The Balaban J connectivity index is 1.17. The molecule has 69 heavy (non-hydrogen) atoms. The third-order valence-corrected chi connectivity index (χ3v) is 13.9. The van der Waals surface area contributed by atoms with Crippen molar-refractivity contribution in [2.45, 2.75) is 75.7 Å². The van der Waals surface area contributed by atoms with E-state index >= 15 is 0 Å². The van der Waals surface area contributed by atoms with Gasteiger partial charge in [0.1, 0.15) is 29.0 Å². The molecule has 0 radical (unpaired) electrons. The number of aliphatic hydroxyl groups is 2. The van der Waals surface area contributed by atoms with Crippen LogP contribution in [0, 0.1) is 17.8 Å². The van der Waals surface area contributed by atoms with E-state index in [0.717, 1.165) is 58.7 Å². The first-order valence-electron chi connectivity index (χ1n) is 24.2. The highest BCUT2D eigenvalue weighted by Gasteiger charge is 2.41. The van der Waals surface area contributed by atoms with Crippen LogP contribution in [0.5, 0.6) is 28.7 Å². The molecule has 6 aromatic rings. The van der Waals surface area contributed by atoms with Crippen molar-refractivity contribution in [2.24, 2.45) is 5.92 Å². The molecule has 0 amide bonds. The summed E-state index contributed by atoms with van der Waals surface area (Å²) in [4.78, 5) is 21.3. The lowest BCUT2D eigenvalue weighted by Crippen LogP contribution is -2.58. The molecule has 8 bridgehead atoms. The van der Waals surface area contributed by atoms with Gasteiger partial charge in [0.25, 0.3) is 0 Å². The van der Waals surface area contributed by atoms with Crippen LogP contribution in [0.3, 0.4) is 0 Å². The summed E-state index contributed by atoms with van der Waals surface area (Å²) in [7, 11) is 1.54. The van der Waals surface area contributed by atoms with Crippen molar-refractivity contribution in [3.63, 3.8) is 0 Å². The Bertz CT molecular complexity index is 2880. The number of methoxy groups -OCH3 is 1. The molecule has 0 aliphatic carbocycles. The number of aryl methyl sites for hydroxylation is 1. The molecule has 5 N–H and O–H groups in total. The van der Waals surface area contributed by atoms with Gasteiger partial charge in [-0.1, -0.05) is 122 Å². The van der Waals surface area contributed by atoms with Crippen LogP contribution in [0.1, 0.15) is 81.2 Å². The average molecular weight is 926 g/mol. The van der Waals surface area contributed by atoms with Crippen LogP contribution in [0.2, 0.25) is 0 Å². The third kappa shape index (κ3) is 9.70. The summed E-state index contributed by atoms with van der Waals surface area (Å²) in [5.74, 6) is 8.56. The number of carbonyl (C=O) groups is 1. The van der Waals surface area contributed by atoms with Crippen LogP contribution >= 0.6 is 0 Å². The number of aliphatic hydroxyl groups excluding tert-OH is 2. The second-order valence-corrected chi connectivity index (χ2v) is 18.5. The van der Waals surface area contributed by atoms with Gasteiger partial charge in [0.15, 0.2) is 17.3 Å².